The number of carbonyl (C=O) groups excluding carboxylic acids is 3. The Morgan fingerprint density at radius 2 is 1.70 bits per heavy atom. The van der Waals surface area contributed by atoms with Crippen LogP contribution in [0, 0.1) is 5.82 Å². The predicted molar refractivity (Wildman–Crippen MR) is 183 cm³/mol. The van der Waals surface area contributed by atoms with Gasteiger partial charge < -0.3 is 25.8 Å². The summed E-state index contributed by atoms with van der Waals surface area (Å²) in [5.41, 5.74) is -3.54. The number of aliphatic hydroxyl groups is 1. The summed E-state index contributed by atoms with van der Waals surface area (Å²) in [7, 11) is -3.06. The zero-order valence-electron chi connectivity index (χ0n) is 28.0. The average molecular weight is 805 g/mol. The summed E-state index contributed by atoms with van der Waals surface area (Å²) in [6, 6.07) is 7.28. The Balaban J connectivity index is 1.46. The molecule has 0 unspecified atom stereocenters. The van der Waals surface area contributed by atoms with Crippen molar-refractivity contribution in [2.45, 2.75) is 49.0 Å². The molecular weight excluding hydrogens is 774 g/mol. The summed E-state index contributed by atoms with van der Waals surface area (Å²) in [4.78, 5) is 38.6. The number of ether oxygens (including phenoxy) is 1. The summed E-state index contributed by atoms with van der Waals surface area (Å²) < 4.78 is 128. The van der Waals surface area contributed by atoms with E-state index in [1.54, 1.807) is 0 Å². The van der Waals surface area contributed by atoms with Crippen LogP contribution in [0.2, 0.25) is 0 Å². The van der Waals surface area contributed by atoms with Crippen molar-refractivity contribution in [3.8, 4) is 5.75 Å². The number of amides is 3. The standard InChI is InChI=1S/C34H31F7N4O7S2/c1-52-26-9-6-21(54(50,51)45-11-2-3-20(17-45)43-29(47)10-12-46)15-23(26)32(49)44-31-22-7-4-18(33(36,37)38)13-27(22)53-28(31)16-30(48)42-19-5-8-25(35)24(14-19)34(39,40)41/h4-9,13-15,20,46H,2-3,10-12,16-17H2,1H3,(H,42,48)(H,43,47)(H,44,49)/t20-/m1/s1. The highest BCUT2D eigenvalue weighted by Gasteiger charge is 2.35. The van der Waals surface area contributed by atoms with Crippen molar-refractivity contribution in [2.24, 2.45) is 0 Å². The number of hydrogen-bond acceptors (Lipinski definition) is 8. The summed E-state index contributed by atoms with van der Waals surface area (Å²) in [5, 5.41) is 16.5. The molecule has 1 aromatic heterocycles. The molecule has 11 nitrogen and oxygen atoms in total. The number of anilines is 2. The van der Waals surface area contributed by atoms with E-state index < -0.39 is 75.2 Å². The number of alkyl halides is 6. The van der Waals surface area contributed by atoms with Crippen LogP contribution in [0.25, 0.3) is 10.1 Å². The van der Waals surface area contributed by atoms with Crippen LogP contribution >= 0.6 is 11.3 Å². The molecule has 0 radical (unpaired) electrons. The molecule has 1 atom stereocenters. The highest BCUT2D eigenvalue weighted by atomic mass is 32.2. The van der Waals surface area contributed by atoms with E-state index in [4.69, 9.17) is 9.84 Å². The lowest BCUT2D eigenvalue weighted by molar-refractivity contribution is -0.140. The third-order valence-corrected chi connectivity index (χ3v) is 11.4. The number of fused-ring (bicyclic) bond motifs is 1. The molecule has 5 rings (SSSR count). The third kappa shape index (κ3) is 9.11. The fourth-order valence-corrected chi connectivity index (χ4v) is 8.54. The number of nitrogens with zero attached hydrogens (tertiary/aromatic N) is 1. The number of aliphatic hydroxyl groups excluding tert-OH is 1. The van der Waals surface area contributed by atoms with Gasteiger partial charge in [0, 0.05) is 46.2 Å². The van der Waals surface area contributed by atoms with Crippen molar-refractivity contribution < 1.29 is 63.4 Å². The van der Waals surface area contributed by atoms with Gasteiger partial charge in [-0.25, -0.2) is 12.8 Å². The molecule has 54 heavy (non-hydrogen) atoms. The minimum absolute atomic E-state index is 0.0151. The van der Waals surface area contributed by atoms with Crippen LogP contribution in [0.4, 0.5) is 42.1 Å². The van der Waals surface area contributed by atoms with Gasteiger partial charge >= 0.3 is 12.4 Å². The fourth-order valence-electron chi connectivity index (χ4n) is 5.79. The van der Waals surface area contributed by atoms with Gasteiger partial charge in [0.25, 0.3) is 5.91 Å². The van der Waals surface area contributed by atoms with E-state index in [0.717, 1.165) is 34.6 Å². The average Bonchev–Trinajstić information content (AvgIpc) is 3.43. The van der Waals surface area contributed by atoms with Crippen molar-refractivity contribution in [2.75, 3.05) is 37.4 Å². The van der Waals surface area contributed by atoms with Gasteiger partial charge in [-0.1, -0.05) is 6.07 Å². The molecule has 1 fully saturated rings. The third-order valence-electron chi connectivity index (χ3n) is 8.35. The molecule has 3 aromatic carbocycles. The predicted octanol–water partition coefficient (Wildman–Crippen LogP) is 6.17. The van der Waals surface area contributed by atoms with Gasteiger partial charge in [-0.15, -0.1) is 11.3 Å². The van der Waals surface area contributed by atoms with Gasteiger partial charge in [0.2, 0.25) is 21.8 Å². The van der Waals surface area contributed by atoms with Crippen LogP contribution in [0.1, 0.15) is 45.6 Å². The van der Waals surface area contributed by atoms with Gasteiger partial charge in [-0.3, -0.25) is 14.4 Å². The van der Waals surface area contributed by atoms with Crippen LogP contribution in [0.5, 0.6) is 5.75 Å². The fraction of sp³-hybridized carbons (Fsp3) is 0.324. The van der Waals surface area contributed by atoms with Crippen LogP contribution in [0.3, 0.4) is 0 Å². The topological polar surface area (TPSA) is 154 Å². The first-order valence-electron chi connectivity index (χ1n) is 16.0. The van der Waals surface area contributed by atoms with Gasteiger partial charge in [-0.05, 0) is 61.4 Å². The maximum absolute atomic E-state index is 13.9. The number of sulfonamides is 1. The maximum atomic E-state index is 13.9. The van der Waals surface area contributed by atoms with Crippen molar-refractivity contribution in [3.63, 3.8) is 0 Å². The van der Waals surface area contributed by atoms with Gasteiger partial charge in [-0.2, -0.15) is 30.6 Å². The smallest absolute Gasteiger partial charge is 0.419 e. The lowest BCUT2D eigenvalue weighted by atomic mass is 10.1. The molecule has 1 aliphatic rings. The minimum atomic E-state index is -5.07. The van der Waals surface area contributed by atoms with E-state index in [2.05, 4.69) is 16.0 Å². The number of thiophene rings is 1. The number of benzene rings is 3. The zero-order chi connectivity index (χ0) is 39.6. The molecule has 20 heteroatoms. The van der Waals surface area contributed by atoms with Crippen molar-refractivity contribution in [1.29, 1.82) is 0 Å². The Morgan fingerprint density at radius 1 is 0.963 bits per heavy atom. The van der Waals surface area contributed by atoms with Crippen molar-refractivity contribution >= 4 is 60.5 Å². The number of carbonyl (C=O) groups is 3. The summed E-state index contributed by atoms with van der Waals surface area (Å²) in [6.07, 6.45) is -9.77. The Kier molecular flexibility index (Phi) is 11.9. The normalized spacial score (nSPS) is 15.5. The molecule has 1 aliphatic heterocycles. The summed E-state index contributed by atoms with van der Waals surface area (Å²) >= 11 is 0.690. The molecule has 4 aromatic rings. The molecule has 1 saturated heterocycles. The second-order valence-corrected chi connectivity index (χ2v) is 15.2. The van der Waals surface area contributed by atoms with E-state index in [0.29, 0.717) is 36.3 Å². The SMILES string of the molecule is COc1ccc(S(=O)(=O)N2CCC[C@@H](NC(=O)CCO)C2)cc1C(=O)Nc1c(CC(=O)Nc2ccc(F)c(C(F)(F)F)c2)sc2cc(C(F)(F)F)ccc12. The molecule has 3 amide bonds. The highest BCUT2D eigenvalue weighted by molar-refractivity contribution is 7.89. The first-order valence-corrected chi connectivity index (χ1v) is 18.3. The first-order chi connectivity index (χ1) is 25.3. The largest absolute Gasteiger partial charge is 0.496 e. The molecule has 0 aliphatic carbocycles. The number of hydrogen-bond donors (Lipinski definition) is 4. The zero-order valence-corrected chi connectivity index (χ0v) is 29.7. The Morgan fingerprint density at radius 3 is 2.37 bits per heavy atom. The van der Waals surface area contributed by atoms with Crippen molar-refractivity contribution in [3.05, 3.63) is 82.0 Å². The second kappa shape index (κ2) is 15.9. The van der Waals surface area contributed by atoms with E-state index in [1.807, 2.05) is 0 Å². The number of halogens is 7. The molecule has 0 saturated carbocycles. The number of nitrogens with one attached hydrogen (secondary N) is 3. The molecule has 4 N–H and O–H groups in total. The first kappa shape index (κ1) is 40.4. The van der Waals surface area contributed by atoms with Crippen LogP contribution in [-0.4, -0.2) is 68.4 Å². The lowest BCUT2D eigenvalue weighted by Crippen LogP contribution is -2.49. The summed E-state index contributed by atoms with van der Waals surface area (Å²) in [6.45, 7) is -0.373. The Hall–Kier alpha value is -4.79. The number of piperidine rings is 1. The molecule has 0 spiro atoms. The maximum Gasteiger partial charge on any atom is 0.419 e. The van der Waals surface area contributed by atoms with Crippen LogP contribution in [0.15, 0.2) is 59.5 Å². The monoisotopic (exact) mass is 804 g/mol. The molecule has 0 bridgehead atoms. The summed E-state index contributed by atoms with van der Waals surface area (Å²) in [5.74, 6) is -4.05. The highest BCUT2D eigenvalue weighted by Crippen LogP contribution is 2.41. The van der Waals surface area contributed by atoms with E-state index >= 15 is 0 Å². The van der Waals surface area contributed by atoms with Crippen LogP contribution in [-0.2, 0) is 38.4 Å². The Labute approximate surface area is 307 Å². The Bertz CT molecular complexity index is 2190. The van der Waals surface area contributed by atoms with E-state index in [1.165, 1.54) is 19.2 Å². The van der Waals surface area contributed by atoms with Gasteiger partial charge in [0.1, 0.15) is 11.6 Å². The van der Waals surface area contributed by atoms with Gasteiger partial charge in [0.15, 0.2) is 0 Å². The number of methoxy groups -OCH3 is 1. The molecule has 2 heterocycles. The van der Waals surface area contributed by atoms with E-state index in [-0.39, 0.29) is 63.0 Å². The minimum Gasteiger partial charge on any atom is -0.496 e. The second-order valence-electron chi connectivity index (χ2n) is 12.1. The van der Waals surface area contributed by atoms with Crippen molar-refractivity contribution in [1.82, 2.24) is 9.62 Å². The molecule has 290 valence electrons. The lowest BCUT2D eigenvalue weighted by Gasteiger charge is -2.32. The number of rotatable bonds is 11. The van der Waals surface area contributed by atoms with E-state index in [9.17, 15) is 53.5 Å². The van der Waals surface area contributed by atoms with Gasteiger partial charge in [0.05, 0.1) is 47.4 Å². The molecular formula is C34H31F7N4O7S2. The quantitative estimate of drug-likeness (QED) is 0.132. The van der Waals surface area contributed by atoms with Crippen LogP contribution < -0.4 is 20.7 Å².